The number of carbonyl (C=O) groups is 4. The molecule has 2 rings (SSSR count). The minimum absolute atomic E-state index is 0.156. The van der Waals surface area contributed by atoms with Crippen molar-refractivity contribution in [3.63, 3.8) is 0 Å². The van der Waals surface area contributed by atoms with Crippen LogP contribution < -0.4 is 30.2 Å². The number of rotatable bonds is 9. The van der Waals surface area contributed by atoms with E-state index < -0.39 is 37.0 Å². The molecule has 34 heavy (non-hydrogen) atoms. The van der Waals surface area contributed by atoms with E-state index in [-0.39, 0.29) is 17.1 Å². The number of ether oxygens (including phenoxy) is 4. The van der Waals surface area contributed by atoms with E-state index in [0.29, 0.717) is 11.4 Å². The monoisotopic (exact) mass is 473 g/mol. The van der Waals surface area contributed by atoms with Gasteiger partial charge in [-0.1, -0.05) is 12.1 Å². The minimum Gasteiger partial charge on any atom is -0.493 e. The highest BCUT2D eigenvalue weighted by atomic mass is 16.5. The molecule has 182 valence electrons. The van der Waals surface area contributed by atoms with Crippen molar-refractivity contribution in [1.82, 2.24) is 10.6 Å². The molecule has 0 atom stereocenters. The lowest BCUT2D eigenvalue weighted by molar-refractivity contribution is -0.147. The molecule has 2 aromatic carbocycles. The minimum atomic E-state index is -0.870. The van der Waals surface area contributed by atoms with E-state index in [1.54, 1.807) is 12.1 Å². The number of benzene rings is 2. The Morgan fingerprint density at radius 1 is 0.912 bits per heavy atom. The molecule has 4 amide bonds. The van der Waals surface area contributed by atoms with Crippen molar-refractivity contribution in [2.24, 2.45) is 0 Å². The predicted octanol–water partition coefficient (Wildman–Crippen LogP) is 1.95. The van der Waals surface area contributed by atoms with Crippen LogP contribution in [-0.2, 0) is 14.3 Å². The largest absolute Gasteiger partial charge is 0.493 e. The summed E-state index contributed by atoms with van der Waals surface area (Å²) >= 11 is 0. The van der Waals surface area contributed by atoms with Gasteiger partial charge in [0.15, 0.2) is 18.1 Å². The number of hydrogen-bond donors (Lipinski definition) is 3. The molecule has 11 heteroatoms. The zero-order valence-corrected chi connectivity index (χ0v) is 19.6. The zero-order valence-electron chi connectivity index (χ0n) is 19.6. The molecule has 11 nitrogen and oxygen atoms in total. The van der Waals surface area contributed by atoms with Crippen LogP contribution in [0.4, 0.5) is 10.5 Å². The van der Waals surface area contributed by atoms with E-state index in [1.807, 2.05) is 19.9 Å². The average molecular weight is 473 g/mol. The lowest BCUT2D eigenvalue weighted by Gasteiger charge is -2.14. The summed E-state index contributed by atoms with van der Waals surface area (Å²) in [6.45, 7) is 2.53. The highest BCUT2D eigenvalue weighted by Crippen LogP contribution is 2.38. The van der Waals surface area contributed by atoms with Crippen molar-refractivity contribution in [3.8, 4) is 17.2 Å². The summed E-state index contributed by atoms with van der Waals surface area (Å²) in [7, 11) is 4.24. The van der Waals surface area contributed by atoms with Crippen LogP contribution >= 0.6 is 0 Å². The Balaban J connectivity index is 1.83. The lowest BCUT2D eigenvalue weighted by atomic mass is 10.1. The second-order valence-corrected chi connectivity index (χ2v) is 7.01. The fourth-order valence-corrected chi connectivity index (χ4v) is 2.87. The van der Waals surface area contributed by atoms with Gasteiger partial charge in [0, 0.05) is 11.3 Å². The third kappa shape index (κ3) is 6.86. The number of carbonyl (C=O) groups excluding carboxylic acids is 4. The first-order chi connectivity index (χ1) is 16.2. The highest BCUT2D eigenvalue weighted by Gasteiger charge is 2.18. The number of hydrogen-bond acceptors (Lipinski definition) is 8. The van der Waals surface area contributed by atoms with E-state index in [1.165, 1.54) is 33.5 Å². The number of amides is 4. The molecule has 0 radical (unpaired) electrons. The molecule has 0 aromatic heterocycles. The van der Waals surface area contributed by atoms with E-state index in [0.717, 1.165) is 11.1 Å². The number of imide groups is 1. The summed E-state index contributed by atoms with van der Waals surface area (Å²) in [5.74, 6) is -1.45. The van der Waals surface area contributed by atoms with Gasteiger partial charge in [-0.05, 0) is 43.2 Å². The topological polar surface area (TPSA) is 141 Å². The average Bonchev–Trinajstić information content (AvgIpc) is 2.82. The van der Waals surface area contributed by atoms with Gasteiger partial charge in [0.2, 0.25) is 5.75 Å². The quantitative estimate of drug-likeness (QED) is 0.469. The van der Waals surface area contributed by atoms with Gasteiger partial charge < -0.3 is 29.6 Å². The molecule has 0 spiro atoms. The van der Waals surface area contributed by atoms with E-state index >= 15 is 0 Å². The molecular weight excluding hydrogens is 446 g/mol. The van der Waals surface area contributed by atoms with Crippen molar-refractivity contribution in [3.05, 3.63) is 47.0 Å². The van der Waals surface area contributed by atoms with Crippen molar-refractivity contribution in [1.29, 1.82) is 0 Å². The van der Waals surface area contributed by atoms with Gasteiger partial charge in [0.25, 0.3) is 11.8 Å². The number of urea groups is 1. The van der Waals surface area contributed by atoms with E-state index in [4.69, 9.17) is 18.9 Å². The smallest absolute Gasteiger partial charge is 0.325 e. The standard InChI is InChI=1S/C23H27N3O8/c1-13-7-6-8-16(14(13)2)25-23(30)26-19(27)12-34-20(28)11-24-22(29)15-9-17(31-3)21(33-5)18(10-15)32-4/h6-10H,11-12H2,1-5H3,(H,24,29)(H2,25,26,27,30). The van der Waals surface area contributed by atoms with E-state index in [9.17, 15) is 19.2 Å². The van der Waals surface area contributed by atoms with Gasteiger partial charge in [-0.25, -0.2) is 4.79 Å². The summed E-state index contributed by atoms with van der Waals surface area (Å²) in [6.07, 6.45) is 0. The van der Waals surface area contributed by atoms with Crippen LogP contribution in [0.25, 0.3) is 0 Å². The van der Waals surface area contributed by atoms with Crippen LogP contribution in [0.3, 0.4) is 0 Å². The summed E-state index contributed by atoms with van der Waals surface area (Å²) < 4.78 is 20.4. The molecule has 0 bridgehead atoms. The first-order valence-electron chi connectivity index (χ1n) is 10.1. The van der Waals surface area contributed by atoms with E-state index in [2.05, 4.69) is 16.0 Å². The highest BCUT2D eigenvalue weighted by molar-refractivity contribution is 6.02. The maximum Gasteiger partial charge on any atom is 0.325 e. The Bertz CT molecular complexity index is 1060. The molecule has 0 fully saturated rings. The zero-order chi connectivity index (χ0) is 25.3. The van der Waals surface area contributed by atoms with Crippen molar-refractivity contribution in [2.45, 2.75) is 13.8 Å². The molecule has 3 N–H and O–H groups in total. The van der Waals surface area contributed by atoms with Crippen molar-refractivity contribution in [2.75, 3.05) is 39.8 Å². The Labute approximate surface area is 196 Å². The maximum absolute atomic E-state index is 12.4. The Hall–Kier alpha value is -4.28. The molecule has 0 saturated heterocycles. The molecule has 2 aromatic rings. The van der Waals surface area contributed by atoms with Crippen LogP contribution in [0, 0.1) is 13.8 Å². The summed E-state index contributed by atoms with van der Waals surface area (Å²) in [5.41, 5.74) is 2.55. The second-order valence-electron chi connectivity index (χ2n) is 7.01. The maximum atomic E-state index is 12.4. The number of aryl methyl sites for hydroxylation is 1. The van der Waals surface area contributed by atoms with Crippen LogP contribution in [-0.4, -0.2) is 58.3 Å². The third-order valence-corrected chi connectivity index (χ3v) is 4.79. The molecule has 0 aliphatic rings. The molecule has 0 saturated carbocycles. The Morgan fingerprint density at radius 3 is 2.15 bits per heavy atom. The van der Waals surface area contributed by atoms with Gasteiger partial charge in [0.1, 0.15) is 6.54 Å². The van der Waals surface area contributed by atoms with Gasteiger partial charge in [-0.2, -0.15) is 0 Å². The molecule has 0 aliphatic carbocycles. The van der Waals surface area contributed by atoms with Gasteiger partial charge in [-0.3, -0.25) is 19.7 Å². The van der Waals surface area contributed by atoms with Crippen LogP contribution in [0.2, 0.25) is 0 Å². The Kier molecular flexibility index (Phi) is 9.24. The first kappa shape index (κ1) is 26.0. The van der Waals surface area contributed by atoms with Crippen molar-refractivity contribution < 1.29 is 38.1 Å². The fourth-order valence-electron chi connectivity index (χ4n) is 2.87. The predicted molar refractivity (Wildman–Crippen MR) is 122 cm³/mol. The number of esters is 1. The molecule has 0 heterocycles. The molecule has 0 unspecified atom stereocenters. The fraction of sp³-hybridized carbons (Fsp3) is 0.304. The van der Waals surface area contributed by atoms with Crippen LogP contribution in [0.1, 0.15) is 21.5 Å². The van der Waals surface area contributed by atoms with Crippen molar-refractivity contribution >= 4 is 29.5 Å². The lowest BCUT2D eigenvalue weighted by Crippen LogP contribution is -2.38. The number of methoxy groups -OCH3 is 3. The van der Waals surface area contributed by atoms with Crippen LogP contribution in [0.5, 0.6) is 17.2 Å². The summed E-state index contributed by atoms with van der Waals surface area (Å²) in [5, 5.41) is 6.99. The first-order valence-corrected chi connectivity index (χ1v) is 10.1. The molecule has 0 aliphatic heterocycles. The molecular formula is C23H27N3O8. The second kappa shape index (κ2) is 12.1. The van der Waals surface area contributed by atoms with Gasteiger partial charge in [-0.15, -0.1) is 0 Å². The number of nitrogens with one attached hydrogen (secondary N) is 3. The summed E-state index contributed by atoms with van der Waals surface area (Å²) in [4.78, 5) is 48.2. The Morgan fingerprint density at radius 2 is 1.56 bits per heavy atom. The van der Waals surface area contributed by atoms with Crippen LogP contribution in [0.15, 0.2) is 30.3 Å². The number of anilines is 1. The summed E-state index contributed by atoms with van der Waals surface area (Å²) in [6, 6.07) is 7.44. The SMILES string of the molecule is COc1cc(C(=O)NCC(=O)OCC(=O)NC(=O)Nc2cccc(C)c2C)cc(OC)c1OC. The van der Waals surface area contributed by atoms with Gasteiger partial charge >= 0.3 is 12.0 Å². The normalized spacial score (nSPS) is 10.0. The van der Waals surface area contributed by atoms with Gasteiger partial charge in [0.05, 0.1) is 21.3 Å². The third-order valence-electron chi connectivity index (χ3n) is 4.79.